The van der Waals surface area contributed by atoms with Gasteiger partial charge in [0.1, 0.15) is 5.75 Å². The lowest BCUT2D eigenvalue weighted by molar-refractivity contribution is 0.295. The molecule has 0 heterocycles. The summed E-state index contributed by atoms with van der Waals surface area (Å²) in [5.74, 6) is 1.68. The van der Waals surface area contributed by atoms with E-state index < -0.39 is 0 Å². The van der Waals surface area contributed by atoms with Crippen molar-refractivity contribution in [3.8, 4) is 5.75 Å². The Bertz CT molecular complexity index is 450. The smallest absolute Gasteiger partial charge is 0.119 e. The van der Waals surface area contributed by atoms with Gasteiger partial charge in [-0.1, -0.05) is 55.5 Å². The van der Waals surface area contributed by atoms with Crippen LogP contribution >= 0.6 is 0 Å². The molecule has 0 spiro atoms. The molecule has 0 bridgehead atoms. The summed E-state index contributed by atoms with van der Waals surface area (Å²) >= 11 is 0. The highest BCUT2D eigenvalue weighted by molar-refractivity contribution is 5.20. The Morgan fingerprint density at radius 1 is 0.895 bits per heavy atom. The van der Waals surface area contributed by atoms with Crippen LogP contribution in [0.2, 0.25) is 0 Å². The van der Waals surface area contributed by atoms with E-state index in [0.717, 1.165) is 25.2 Å². The van der Waals surface area contributed by atoms with Crippen LogP contribution in [0.1, 0.15) is 25.3 Å². The minimum atomic E-state index is 0.710. The SMILES string of the molecule is CC(CCCOc1ccccc1)Cc1ccccc1. The Balaban J connectivity index is 1.63. The van der Waals surface area contributed by atoms with Gasteiger partial charge in [0, 0.05) is 0 Å². The van der Waals surface area contributed by atoms with Gasteiger partial charge in [-0.3, -0.25) is 0 Å². The van der Waals surface area contributed by atoms with Gasteiger partial charge in [-0.15, -0.1) is 0 Å². The van der Waals surface area contributed by atoms with E-state index in [-0.39, 0.29) is 0 Å². The molecule has 0 amide bonds. The number of rotatable bonds is 7. The molecule has 1 unspecified atom stereocenters. The molecule has 1 nitrogen and oxygen atoms in total. The second kappa shape index (κ2) is 7.63. The molecule has 100 valence electrons. The predicted molar refractivity (Wildman–Crippen MR) is 80.5 cm³/mol. The van der Waals surface area contributed by atoms with Crippen molar-refractivity contribution in [3.05, 3.63) is 66.2 Å². The van der Waals surface area contributed by atoms with Crippen molar-refractivity contribution in [1.82, 2.24) is 0 Å². The van der Waals surface area contributed by atoms with Crippen LogP contribution in [-0.4, -0.2) is 6.61 Å². The zero-order chi connectivity index (χ0) is 13.3. The maximum absolute atomic E-state index is 5.71. The Morgan fingerprint density at radius 3 is 2.21 bits per heavy atom. The van der Waals surface area contributed by atoms with E-state index >= 15 is 0 Å². The molecule has 2 aromatic rings. The van der Waals surface area contributed by atoms with Crippen LogP contribution in [0.15, 0.2) is 60.7 Å². The molecular formula is C18H22O. The Morgan fingerprint density at radius 2 is 1.53 bits per heavy atom. The lowest BCUT2D eigenvalue weighted by Gasteiger charge is -2.12. The second-order valence-electron chi connectivity index (χ2n) is 5.10. The fourth-order valence-electron chi connectivity index (χ4n) is 2.26. The molecule has 1 atom stereocenters. The van der Waals surface area contributed by atoms with Crippen molar-refractivity contribution in [2.24, 2.45) is 5.92 Å². The van der Waals surface area contributed by atoms with Crippen molar-refractivity contribution in [3.63, 3.8) is 0 Å². The van der Waals surface area contributed by atoms with Gasteiger partial charge in [-0.2, -0.15) is 0 Å². The molecular weight excluding hydrogens is 232 g/mol. The molecule has 0 saturated carbocycles. The quantitative estimate of drug-likeness (QED) is 0.649. The molecule has 2 rings (SSSR count). The summed E-state index contributed by atoms with van der Waals surface area (Å²) in [6.45, 7) is 3.12. The molecule has 2 aromatic carbocycles. The molecule has 0 fully saturated rings. The summed E-state index contributed by atoms with van der Waals surface area (Å²) in [5, 5.41) is 0. The van der Waals surface area contributed by atoms with Crippen LogP contribution in [0.5, 0.6) is 5.75 Å². The topological polar surface area (TPSA) is 9.23 Å². The number of ether oxygens (including phenoxy) is 1. The maximum Gasteiger partial charge on any atom is 0.119 e. The molecule has 1 heteroatoms. The molecule has 0 N–H and O–H groups in total. The van der Waals surface area contributed by atoms with Crippen LogP contribution in [0.4, 0.5) is 0 Å². The fourth-order valence-corrected chi connectivity index (χ4v) is 2.26. The summed E-state index contributed by atoms with van der Waals surface area (Å²) in [6.07, 6.45) is 3.48. The maximum atomic E-state index is 5.71. The van der Waals surface area contributed by atoms with Crippen LogP contribution in [0.3, 0.4) is 0 Å². The summed E-state index contributed by atoms with van der Waals surface area (Å²) < 4.78 is 5.71. The predicted octanol–water partition coefficient (Wildman–Crippen LogP) is 4.72. The van der Waals surface area contributed by atoms with Gasteiger partial charge in [0.25, 0.3) is 0 Å². The monoisotopic (exact) mass is 254 g/mol. The standard InChI is InChI=1S/C18H22O/c1-16(15-17-10-4-2-5-11-17)9-8-14-19-18-12-6-3-7-13-18/h2-7,10-13,16H,8-9,14-15H2,1H3. The van der Waals surface area contributed by atoms with E-state index in [0.29, 0.717) is 5.92 Å². The van der Waals surface area contributed by atoms with Crippen molar-refractivity contribution in [2.45, 2.75) is 26.2 Å². The van der Waals surface area contributed by atoms with Crippen molar-refractivity contribution in [2.75, 3.05) is 6.61 Å². The normalized spacial score (nSPS) is 12.1. The van der Waals surface area contributed by atoms with Crippen LogP contribution in [0.25, 0.3) is 0 Å². The highest BCUT2D eigenvalue weighted by atomic mass is 16.5. The van der Waals surface area contributed by atoms with Gasteiger partial charge < -0.3 is 4.74 Å². The lowest BCUT2D eigenvalue weighted by atomic mass is 9.97. The number of hydrogen-bond donors (Lipinski definition) is 0. The molecule has 0 radical (unpaired) electrons. The van der Waals surface area contributed by atoms with Crippen molar-refractivity contribution < 1.29 is 4.74 Å². The highest BCUT2D eigenvalue weighted by Crippen LogP contribution is 2.14. The summed E-state index contributed by atoms with van der Waals surface area (Å²) in [5.41, 5.74) is 1.43. The molecule has 0 aliphatic carbocycles. The summed E-state index contributed by atoms with van der Waals surface area (Å²) in [6, 6.07) is 20.7. The summed E-state index contributed by atoms with van der Waals surface area (Å²) in [4.78, 5) is 0. The van der Waals surface area contributed by atoms with Gasteiger partial charge in [0.2, 0.25) is 0 Å². The fraction of sp³-hybridized carbons (Fsp3) is 0.333. The van der Waals surface area contributed by atoms with Crippen LogP contribution in [0, 0.1) is 5.92 Å². The van der Waals surface area contributed by atoms with Gasteiger partial charge in [-0.05, 0) is 42.9 Å². The van der Waals surface area contributed by atoms with E-state index in [1.807, 2.05) is 30.3 Å². The molecule has 0 aromatic heterocycles. The first-order valence-electron chi connectivity index (χ1n) is 7.06. The lowest BCUT2D eigenvalue weighted by Crippen LogP contribution is -2.04. The number of hydrogen-bond acceptors (Lipinski definition) is 1. The largest absolute Gasteiger partial charge is 0.494 e. The second-order valence-corrected chi connectivity index (χ2v) is 5.10. The van der Waals surface area contributed by atoms with E-state index in [9.17, 15) is 0 Å². The first kappa shape index (κ1) is 13.7. The third-order valence-corrected chi connectivity index (χ3v) is 3.28. The van der Waals surface area contributed by atoms with E-state index in [1.165, 1.54) is 12.0 Å². The molecule has 0 saturated heterocycles. The van der Waals surface area contributed by atoms with Crippen LogP contribution < -0.4 is 4.74 Å². The van der Waals surface area contributed by atoms with E-state index in [2.05, 4.69) is 37.3 Å². The van der Waals surface area contributed by atoms with Crippen molar-refractivity contribution in [1.29, 1.82) is 0 Å². The van der Waals surface area contributed by atoms with Gasteiger partial charge in [-0.25, -0.2) is 0 Å². The first-order valence-corrected chi connectivity index (χ1v) is 7.06. The van der Waals surface area contributed by atoms with E-state index in [4.69, 9.17) is 4.74 Å². The Kier molecular flexibility index (Phi) is 5.49. The first-order chi connectivity index (χ1) is 9.34. The Labute approximate surface area is 116 Å². The summed E-state index contributed by atoms with van der Waals surface area (Å²) in [7, 11) is 0. The van der Waals surface area contributed by atoms with Crippen LogP contribution in [-0.2, 0) is 6.42 Å². The zero-order valence-electron chi connectivity index (χ0n) is 11.6. The van der Waals surface area contributed by atoms with Crippen molar-refractivity contribution >= 4 is 0 Å². The average molecular weight is 254 g/mol. The minimum Gasteiger partial charge on any atom is -0.494 e. The van der Waals surface area contributed by atoms with E-state index in [1.54, 1.807) is 0 Å². The average Bonchev–Trinajstić information content (AvgIpc) is 2.46. The molecule has 19 heavy (non-hydrogen) atoms. The molecule has 0 aliphatic heterocycles. The number of benzene rings is 2. The third-order valence-electron chi connectivity index (χ3n) is 3.28. The van der Waals surface area contributed by atoms with Gasteiger partial charge in [0.05, 0.1) is 6.61 Å². The van der Waals surface area contributed by atoms with Gasteiger partial charge >= 0.3 is 0 Å². The third kappa shape index (κ3) is 5.17. The zero-order valence-corrected chi connectivity index (χ0v) is 11.6. The molecule has 0 aliphatic rings. The minimum absolute atomic E-state index is 0.710. The number of para-hydroxylation sites is 1. The Hall–Kier alpha value is -1.76. The van der Waals surface area contributed by atoms with Gasteiger partial charge in [0.15, 0.2) is 0 Å². The highest BCUT2D eigenvalue weighted by Gasteiger charge is 2.03.